The van der Waals surface area contributed by atoms with E-state index in [9.17, 15) is 50.6 Å². The zero-order valence-electron chi connectivity index (χ0n) is 37.5. The number of hydrogen-bond acceptors (Lipinski definition) is 13. The van der Waals surface area contributed by atoms with E-state index in [0.29, 0.717) is 30.2 Å². The Bertz CT molecular complexity index is 2470. The van der Waals surface area contributed by atoms with Gasteiger partial charge in [-0.15, -0.1) is 0 Å². The molecular weight excluding hydrogens is 994 g/mol. The van der Waals surface area contributed by atoms with Gasteiger partial charge in [-0.05, 0) is 26.0 Å². The number of anilines is 2. The topological polar surface area (TPSA) is 198 Å². The number of carboxylic acids is 1. The van der Waals surface area contributed by atoms with Crippen molar-refractivity contribution < 1.29 is 108 Å². The molecule has 2 saturated heterocycles. The van der Waals surface area contributed by atoms with Crippen molar-refractivity contribution in [2.45, 2.75) is 39.3 Å². The number of carbonyl (C=O) groups is 4. The molecule has 68 heavy (non-hydrogen) atoms. The molecule has 362 valence electrons. The number of ether oxygens (including phenoxy) is 3. The fraction of sp³-hybridized carbons (Fsp3) is 0.436. The first-order chi connectivity index (χ1) is 30.4. The summed E-state index contributed by atoms with van der Waals surface area (Å²) in [5.74, 6) is -2.14. The van der Waals surface area contributed by atoms with Crippen LogP contribution in [-0.4, -0.2) is 132 Å². The van der Waals surface area contributed by atoms with Gasteiger partial charge in [0.1, 0.15) is 24.6 Å². The van der Waals surface area contributed by atoms with E-state index in [1.54, 1.807) is 11.0 Å². The molecule has 0 atom stereocenters. The van der Waals surface area contributed by atoms with Crippen LogP contribution in [0.3, 0.4) is 0 Å². The summed E-state index contributed by atoms with van der Waals surface area (Å²) in [6, 6.07) is 5.81. The molecule has 0 radical (unpaired) electrons. The van der Waals surface area contributed by atoms with Gasteiger partial charge in [0.15, 0.2) is 11.4 Å². The Labute approximate surface area is 429 Å². The number of esters is 1. The van der Waals surface area contributed by atoms with E-state index in [1.165, 1.54) is 63.2 Å². The third-order valence-corrected chi connectivity index (χ3v) is 12.0. The molecule has 2 aliphatic heterocycles. The first kappa shape index (κ1) is 60.0. The molecule has 2 aromatic heterocycles. The maximum Gasteiger partial charge on any atom is 1.00 e. The number of aromatic carboxylic acids is 1. The summed E-state index contributed by atoms with van der Waals surface area (Å²) in [4.78, 5) is 55.7. The second-order valence-electron chi connectivity index (χ2n) is 14.3. The maximum atomic E-state index is 13.0. The average molecular weight is 1030 g/mol. The standard InChI is InChI=1S/C20H21Cl2F3N4O4.C19H19Cl2F3N4O4.2Li.H2O/c1-11-17(22)18(20(23,24)25)26-29(11)10-16(30)28-6-4-27(5-7-28)14-9-15(32-2)13(21)8-12(14)19(31)33-3;1-10-16(21)17(19(22,23)24)25-28(10)9-15(29)27-5-3-26(4-6-27)13-8-14(32-2)12(20)7-11(13)18(30)31;;;/h8-9H,4-7,10H2,1-3H3;7-8H,3-6,9H2,1-2H3,(H,30,31);;;1H2/q;;2*+1;/p-2. The molecule has 0 bridgehead atoms. The smallest absolute Gasteiger partial charge is 0.870 e. The number of nitrogens with zero attached hydrogens (tertiary/aromatic N) is 8. The van der Waals surface area contributed by atoms with Crippen molar-refractivity contribution in [1.29, 1.82) is 0 Å². The number of halogens is 10. The SMILES string of the molecule is COC(=O)c1cc(Cl)c(OC)cc1N1CCN(C(=O)Cn2nc(C(F)(F)F)c(Cl)c2C)CC1.COc1cc(N2CCN(C(=O)Cn3nc(C(F)(F)F)c(Cl)c3C)CC2)c(C(=O)[O-])cc1Cl.[Li+].[Li+].[OH-]. The molecule has 0 aliphatic carbocycles. The van der Waals surface area contributed by atoms with Crippen LogP contribution >= 0.6 is 46.4 Å². The van der Waals surface area contributed by atoms with Gasteiger partial charge in [-0.3, -0.25) is 19.0 Å². The Morgan fingerprint density at radius 1 is 0.618 bits per heavy atom. The molecule has 2 amide bonds. The van der Waals surface area contributed by atoms with Crippen molar-refractivity contribution in [2.75, 3.05) is 83.5 Å². The summed E-state index contributed by atoms with van der Waals surface area (Å²) in [7, 11) is 4.11. The van der Waals surface area contributed by atoms with E-state index in [4.69, 9.17) is 60.6 Å². The van der Waals surface area contributed by atoms with Gasteiger partial charge >= 0.3 is 56.0 Å². The molecule has 2 aromatic carbocycles. The van der Waals surface area contributed by atoms with Gasteiger partial charge in [0.05, 0.1) is 70.0 Å². The fourth-order valence-corrected chi connectivity index (χ4v) is 7.89. The van der Waals surface area contributed by atoms with Crippen molar-refractivity contribution in [3.05, 3.63) is 78.3 Å². The summed E-state index contributed by atoms with van der Waals surface area (Å²) >= 11 is 23.6. The summed E-state index contributed by atoms with van der Waals surface area (Å²) in [6.07, 6.45) is -9.43. The predicted octanol–water partition coefficient (Wildman–Crippen LogP) is -0.270. The van der Waals surface area contributed by atoms with Gasteiger partial charge in [-0.1, -0.05) is 46.4 Å². The van der Waals surface area contributed by atoms with Crippen LogP contribution in [0.2, 0.25) is 20.1 Å². The molecule has 2 aliphatic rings. The van der Waals surface area contributed by atoms with Crippen LogP contribution < -0.4 is 62.1 Å². The van der Waals surface area contributed by atoms with Gasteiger partial charge in [0.25, 0.3) is 0 Å². The molecular formula is C39H40Cl4F6Li2N8O9. The summed E-state index contributed by atoms with van der Waals surface area (Å²) < 4.78 is 95.1. The van der Waals surface area contributed by atoms with E-state index in [-0.39, 0.29) is 127 Å². The minimum Gasteiger partial charge on any atom is -0.870 e. The quantitative estimate of drug-likeness (QED) is 0.115. The Balaban J connectivity index is 0.000000447. The molecule has 17 nitrogen and oxygen atoms in total. The van der Waals surface area contributed by atoms with Crippen LogP contribution in [0.5, 0.6) is 11.5 Å². The minimum atomic E-state index is -4.72. The molecule has 1 N–H and O–H groups in total. The van der Waals surface area contributed by atoms with Gasteiger partial charge in [-0.2, -0.15) is 36.5 Å². The van der Waals surface area contributed by atoms with Crippen LogP contribution in [0.4, 0.5) is 37.7 Å². The molecule has 6 rings (SSSR count). The number of methoxy groups -OCH3 is 3. The van der Waals surface area contributed by atoms with E-state index >= 15 is 0 Å². The van der Waals surface area contributed by atoms with Crippen molar-refractivity contribution >= 4 is 81.5 Å². The Kier molecular flexibility index (Phi) is 21.7. The Morgan fingerprint density at radius 3 is 1.25 bits per heavy atom. The molecule has 2 fully saturated rings. The molecule has 4 heterocycles. The molecule has 0 saturated carbocycles. The van der Waals surface area contributed by atoms with E-state index in [2.05, 4.69) is 10.2 Å². The largest absolute Gasteiger partial charge is 1.00 e. The van der Waals surface area contributed by atoms with Crippen molar-refractivity contribution in [2.24, 2.45) is 0 Å². The van der Waals surface area contributed by atoms with Crippen molar-refractivity contribution in [3.63, 3.8) is 0 Å². The molecule has 29 heteroatoms. The van der Waals surface area contributed by atoms with E-state index < -0.39 is 64.1 Å². The number of amides is 2. The van der Waals surface area contributed by atoms with E-state index in [0.717, 1.165) is 9.36 Å². The summed E-state index contributed by atoms with van der Waals surface area (Å²) in [5, 5.41) is 17.7. The van der Waals surface area contributed by atoms with Gasteiger partial charge in [0, 0.05) is 75.7 Å². The number of alkyl halides is 6. The second kappa shape index (κ2) is 24.6. The van der Waals surface area contributed by atoms with Crippen LogP contribution in [0.15, 0.2) is 24.3 Å². The monoisotopic (exact) mass is 1030 g/mol. The van der Waals surface area contributed by atoms with Crippen LogP contribution in [0.25, 0.3) is 0 Å². The fourth-order valence-electron chi connectivity index (χ4n) is 6.93. The molecule has 0 unspecified atom stereocenters. The first-order valence-corrected chi connectivity index (χ1v) is 20.6. The third-order valence-electron chi connectivity index (χ3n) is 10.5. The zero-order valence-corrected chi connectivity index (χ0v) is 40.5. The van der Waals surface area contributed by atoms with E-state index in [1.807, 2.05) is 4.90 Å². The Morgan fingerprint density at radius 2 is 0.956 bits per heavy atom. The van der Waals surface area contributed by atoms with Crippen molar-refractivity contribution in [3.8, 4) is 11.5 Å². The number of benzene rings is 2. The number of carboxylic acid groups (broad SMARTS) is 1. The van der Waals surface area contributed by atoms with Crippen LogP contribution in [0, 0.1) is 13.8 Å². The van der Waals surface area contributed by atoms with Gasteiger partial charge in [-0.25, -0.2) is 4.79 Å². The normalized spacial score (nSPS) is 13.9. The van der Waals surface area contributed by atoms with Gasteiger partial charge < -0.3 is 49.2 Å². The number of aromatic nitrogens is 4. The molecule has 0 spiro atoms. The minimum absolute atomic E-state index is 0. The number of carbonyl (C=O) groups excluding carboxylic acids is 4. The average Bonchev–Trinajstić information content (AvgIpc) is 3.72. The Hall–Kier alpha value is -4.17. The van der Waals surface area contributed by atoms with Crippen LogP contribution in [-0.2, 0) is 39.8 Å². The summed E-state index contributed by atoms with van der Waals surface area (Å²) in [6.45, 7) is 4.25. The molecule has 4 aromatic rings. The number of hydrogen-bond donors (Lipinski definition) is 0. The second-order valence-corrected chi connectivity index (χ2v) is 15.9. The predicted molar refractivity (Wildman–Crippen MR) is 225 cm³/mol. The van der Waals surface area contributed by atoms with Crippen LogP contribution in [0.1, 0.15) is 43.5 Å². The summed E-state index contributed by atoms with van der Waals surface area (Å²) in [5.41, 5.74) is -1.33. The number of piperazine rings is 2. The number of rotatable bonds is 10. The zero-order chi connectivity index (χ0) is 48.3. The maximum absolute atomic E-state index is 13.0. The van der Waals surface area contributed by atoms with Gasteiger partial charge in [0.2, 0.25) is 11.8 Å². The van der Waals surface area contributed by atoms with Crippen molar-refractivity contribution in [1.82, 2.24) is 29.4 Å². The third kappa shape index (κ3) is 13.6. The first-order valence-electron chi connectivity index (χ1n) is 19.1.